The third kappa shape index (κ3) is 4.60. The largest absolute Gasteiger partial charge is 0.497 e. The van der Waals surface area contributed by atoms with E-state index in [1.54, 1.807) is 12.0 Å². The maximum Gasteiger partial charge on any atom is 0.289 e. The molecule has 2 heterocycles. The molecule has 0 bridgehead atoms. The molecule has 29 heavy (non-hydrogen) atoms. The quantitative estimate of drug-likeness (QED) is 0.742. The van der Waals surface area contributed by atoms with Crippen molar-refractivity contribution >= 4 is 11.8 Å². The van der Waals surface area contributed by atoms with E-state index >= 15 is 0 Å². The van der Waals surface area contributed by atoms with E-state index in [0.717, 1.165) is 42.8 Å². The number of fused-ring (bicyclic) bond motifs is 1. The molecule has 2 aromatic rings. The Hall–Kier alpha value is -2.83. The number of carbonyl (C=O) groups excluding carboxylic acids is 2. The number of ether oxygens (including phenoxy) is 1. The molecule has 1 aromatic carbocycles. The highest BCUT2D eigenvalue weighted by atomic mass is 16.5. The summed E-state index contributed by atoms with van der Waals surface area (Å²) in [4.78, 5) is 32.0. The molecular weight excluding hydrogens is 368 g/mol. The van der Waals surface area contributed by atoms with Gasteiger partial charge in [0.05, 0.1) is 12.8 Å². The van der Waals surface area contributed by atoms with E-state index in [1.807, 2.05) is 42.7 Å². The Balaban J connectivity index is 1.73. The second-order valence-electron chi connectivity index (χ2n) is 7.17. The molecule has 0 saturated carbocycles. The van der Waals surface area contributed by atoms with Crippen LogP contribution in [0.1, 0.15) is 59.1 Å². The molecule has 3 rings (SSSR count). The first-order valence-electron chi connectivity index (χ1n) is 10.4. The number of rotatable bonds is 8. The van der Waals surface area contributed by atoms with Crippen LogP contribution in [-0.4, -0.2) is 53.0 Å². The molecule has 1 aliphatic rings. The van der Waals surface area contributed by atoms with E-state index in [1.165, 1.54) is 0 Å². The molecule has 0 radical (unpaired) electrons. The Morgan fingerprint density at radius 1 is 1.24 bits per heavy atom. The fourth-order valence-corrected chi connectivity index (χ4v) is 3.77. The number of hydrogen-bond acceptors (Lipinski definition) is 4. The second kappa shape index (κ2) is 9.58. The molecular formula is C22H30N4O3. The fourth-order valence-electron chi connectivity index (χ4n) is 3.77. The van der Waals surface area contributed by atoms with Gasteiger partial charge in [0, 0.05) is 26.2 Å². The lowest BCUT2D eigenvalue weighted by molar-refractivity contribution is 0.0754. The van der Waals surface area contributed by atoms with Crippen LogP contribution >= 0.6 is 0 Å². The molecule has 7 heteroatoms. The van der Waals surface area contributed by atoms with Crippen molar-refractivity contribution in [2.24, 2.45) is 0 Å². The molecule has 0 atom stereocenters. The van der Waals surface area contributed by atoms with Crippen molar-refractivity contribution in [3.63, 3.8) is 0 Å². The normalized spacial score (nSPS) is 12.9. The first-order valence-corrected chi connectivity index (χ1v) is 10.4. The van der Waals surface area contributed by atoms with Gasteiger partial charge in [0.1, 0.15) is 11.4 Å². The smallest absolute Gasteiger partial charge is 0.289 e. The Morgan fingerprint density at radius 3 is 2.76 bits per heavy atom. The summed E-state index contributed by atoms with van der Waals surface area (Å²) in [6.45, 7) is 6.39. The van der Waals surface area contributed by atoms with Gasteiger partial charge >= 0.3 is 0 Å². The van der Waals surface area contributed by atoms with Crippen LogP contribution < -0.4 is 10.1 Å². The van der Waals surface area contributed by atoms with Gasteiger partial charge in [-0.3, -0.25) is 9.59 Å². The number of amides is 2. The maximum absolute atomic E-state index is 12.9. The van der Waals surface area contributed by atoms with Crippen molar-refractivity contribution in [1.29, 1.82) is 0 Å². The van der Waals surface area contributed by atoms with Crippen LogP contribution in [0.25, 0.3) is 0 Å². The third-order valence-corrected chi connectivity index (χ3v) is 5.41. The van der Waals surface area contributed by atoms with Crippen LogP contribution in [0.3, 0.4) is 0 Å². The molecule has 0 aliphatic carbocycles. The van der Waals surface area contributed by atoms with Gasteiger partial charge in [-0.25, -0.2) is 4.98 Å². The summed E-state index contributed by atoms with van der Waals surface area (Å²) in [6.07, 6.45) is 3.48. The Bertz CT molecular complexity index is 871. The molecule has 1 aliphatic heterocycles. The zero-order valence-corrected chi connectivity index (χ0v) is 17.5. The fraction of sp³-hybridized carbons (Fsp3) is 0.500. The number of methoxy groups -OCH3 is 1. The maximum atomic E-state index is 12.9. The summed E-state index contributed by atoms with van der Waals surface area (Å²) < 4.78 is 7.19. The molecule has 1 N–H and O–H groups in total. The molecule has 0 spiro atoms. The Morgan fingerprint density at radius 2 is 2.03 bits per heavy atom. The van der Waals surface area contributed by atoms with Crippen molar-refractivity contribution in [3.05, 3.63) is 47.0 Å². The van der Waals surface area contributed by atoms with E-state index in [9.17, 15) is 9.59 Å². The number of carbonyl (C=O) groups is 2. The topological polar surface area (TPSA) is 76.5 Å². The minimum Gasteiger partial charge on any atom is -0.497 e. The second-order valence-corrected chi connectivity index (χ2v) is 7.17. The molecule has 7 nitrogen and oxygen atoms in total. The van der Waals surface area contributed by atoms with E-state index in [4.69, 9.17) is 4.74 Å². The average Bonchev–Trinajstić information content (AvgIpc) is 3.14. The van der Waals surface area contributed by atoms with E-state index in [0.29, 0.717) is 37.6 Å². The van der Waals surface area contributed by atoms with Gasteiger partial charge in [0.2, 0.25) is 0 Å². The van der Waals surface area contributed by atoms with E-state index in [-0.39, 0.29) is 11.8 Å². The van der Waals surface area contributed by atoms with Crippen molar-refractivity contribution in [1.82, 2.24) is 19.8 Å². The minimum atomic E-state index is -0.211. The van der Waals surface area contributed by atoms with Gasteiger partial charge < -0.3 is 19.5 Å². The van der Waals surface area contributed by atoms with Gasteiger partial charge in [-0.1, -0.05) is 12.1 Å². The lowest BCUT2D eigenvalue weighted by Crippen LogP contribution is -2.33. The number of nitrogens with one attached hydrogen (secondary N) is 1. The standard InChI is InChI=1S/C22H30N4O3/c1-4-25(5-2)22(28)20-24-19(18-11-6-7-14-26(18)20)21(27)23-13-12-16-9-8-10-17(15-16)29-3/h8-10,15H,4-7,11-14H2,1-3H3,(H,23,27). The van der Waals surface area contributed by atoms with Gasteiger partial charge in [0.25, 0.3) is 11.8 Å². The molecule has 1 aromatic heterocycles. The summed E-state index contributed by atoms with van der Waals surface area (Å²) in [6, 6.07) is 7.81. The van der Waals surface area contributed by atoms with Gasteiger partial charge in [-0.15, -0.1) is 0 Å². The number of benzene rings is 1. The van der Waals surface area contributed by atoms with Crippen LogP contribution in [0.2, 0.25) is 0 Å². The number of imidazole rings is 1. The highest BCUT2D eigenvalue weighted by molar-refractivity contribution is 5.97. The minimum absolute atomic E-state index is 0.103. The first kappa shape index (κ1) is 20.9. The summed E-state index contributed by atoms with van der Waals surface area (Å²) >= 11 is 0. The zero-order valence-electron chi connectivity index (χ0n) is 17.5. The number of hydrogen-bond donors (Lipinski definition) is 1. The molecule has 2 amide bonds. The highest BCUT2D eigenvalue weighted by Crippen LogP contribution is 2.22. The Kier molecular flexibility index (Phi) is 6.90. The lowest BCUT2D eigenvalue weighted by Gasteiger charge is -2.21. The third-order valence-electron chi connectivity index (χ3n) is 5.41. The lowest BCUT2D eigenvalue weighted by atomic mass is 10.1. The summed E-state index contributed by atoms with van der Waals surface area (Å²) in [5, 5.41) is 2.96. The predicted molar refractivity (Wildman–Crippen MR) is 111 cm³/mol. The summed E-state index contributed by atoms with van der Waals surface area (Å²) in [5.41, 5.74) is 2.37. The van der Waals surface area contributed by atoms with Crippen molar-refractivity contribution in [2.75, 3.05) is 26.7 Å². The van der Waals surface area contributed by atoms with Crippen LogP contribution in [0, 0.1) is 0 Å². The van der Waals surface area contributed by atoms with Gasteiger partial charge in [-0.05, 0) is 57.2 Å². The number of nitrogens with zero attached hydrogens (tertiary/aromatic N) is 3. The molecule has 156 valence electrons. The first-order chi connectivity index (χ1) is 14.1. The highest BCUT2D eigenvalue weighted by Gasteiger charge is 2.28. The van der Waals surface area contributed by atoms with Gasteiger partial charge in [0.15, 0.2) is 5.82 Å². The predicted octanol–water partition coefficient (Wildman–Crippen LogP) is 2.68. The van der Waals surface area contributed by atoms with E-state index in [2.05, 4.69) is 10.3 Å². The van der Waals surface area contributed by atoms with Crippen LogP contribution in [0.5, 0.6) is 5.75 Å². The van der Waals surface area contributed by atoms with Crippen LogP contribution in [-0.2, 0) is 19.4 Å². The Labute approximate surface area is 172 Å². The zero-order chi connectivity index (χ0) is 20.8. The van der Waals surface area contributed by atoms with Crippen molar-refractivity contribution < 1.29 is 14.3 Å². The summed E-state index contributed by atoms with van der Waals surface area (Å²) in [7, 11) is 1.64. The average molecular weight is 399 g/mol. The monoisotopic (exact) mass is 398 g/mol. The summed E-state index contributed by atoms with van der Waals surface area (Å²) in [5.74, 6) is 0.878. The van der Waals surface area contributed by atoms with Crippen LogP contribution in [0.15, 0.2) is 24.3 Å². The van der Waals surface area contributed by atoms with Crippen molar-refractivity contribution in [3.8, 4) is 5.75 Å². The number of aromatic nitrogens is 2. The molecule has 0 fully saturated rings. The van der Waals surface area contributed by atoms with E-state index < -0.39 is 0 Å². The molecule has 0 saturated heterocycles. The SMILES string of the molecule is CCN(CC)C(=O)c1nc(C(=O)NCCc2cccc(OC)c2)c2n1CCCC2. The van der Waals surface area contributed by atoms with Crippen molar-refractivity contribution in [2.45, 2.75) is 46.1 Å². The molecule has 0 unspecified atom stereocenters. The van der Waals surface area contributed by atoms with Gasteiger partial charge in [-0.2, -0.15) is 0 Å². The van der Waals surface area contributed by atoms with Crippen LogP contribution in [0.4, 0.5) is 0 Å².